The summed E-state index contributed by atoms with van der Waals surface area (Å²) in [7, 11) is 0. The highest BCUT2D eigenvalue weighted by molar-refractivity contribution is 6.00. The Morgan fingerprint density at radius 3 is 1.70 bits per heavy atom. The summed E-state index contributed by atoms with van der Waals surface area (Å²) in [4.78, 5) is 26.4. The van der Waals surface area contributed by atoms with Gasteiger partial charge in [0.2, 0.25) is 0 Å². The summed E-state index contributed by atoms with van der Waals surface area (Å²) in [6.07, 6.45) is 15.4. The van der Waals surface area contributed by atoms with Crippen LogP contribution in [0.4, 0.5) is 0 Å². The minimum absolute atomic E-state index is 0.256. The molecule has 0 aromatic heterocycles. The highest BCUT2D eigenvalue weighted by atomic mass is 16.6. The maximum atomic E-state index is 13.2. The fourth-order valence-electron chi connectivity index (χ4n) is 5.21. The van der Waals surface area contributed by atoms with Gasteiger partial charge in [-0.15, -0.1) is 0 Å². The molecule has 0 aliphatic carbocycles. The molecular formula is C35H52O5. The Morgan fingerprint density at radius 2 is 1.12 bits per heavy atom. The largest absolute Gasteiger partial charge is 0.465 e. The lowest BCUT2D eigenvalue weighted by molar-refractivity contribution is -0.173. The molecule has 40 heavy (non-hydrogen) atoms. The van der Waals surface area contributed by atoms with E-state index in [0.29, 0.717) is 12.8 Å². The molecule has 0 bridgehead atoms. The van der Waals surface area contributed by atoms with Gasteiger partial charge in [-0.05, 0) is 69.4 Å². The third-order valence-electron chi connectivity index (χ3n) is 7.49. The summed E-state index contributed by atoms with van der Waals surface area (Å²) in [6, 6.07) is 17.8. The lowest BCUT2D eigenvalue weighted by Crippen LogP contribution is -2.42. The predicted molar refractivity (Wildman–Crippen MR) is 163 cm³/mol. The van der Waals surface area contributed by atoms with Crippen molar-refractivity contribution in [1.82, 2.24) is 0 Å². The molecule has 0 N–H and O–H groups in total. The van der Waals surface area contributed by atoms with E-state index in [4.69, 9.17) is 14.2 Å². The van der Waals surface area contributed by atoms with Crippen molar-refractivity contribution in [3.8, 4) is 11.5 Å². The highest BCUT2D eigenvalue weighted by Gasteiger charge is 2.47. The average molecular weight is 553 g/mol. The van der Waals surface area contributed by atoms with Crippen LogP contribution in [-0.2, 0) is 25.5 Å². The molecule has 2 aromatic carbocycles. The Bertz CT molecular complexity index is 937. The maximum Gasteiger partial charge on any atom is 0.323 e. The van der Waals surface area contributed by atoms with Crippen molar-refractivity contribution in [1.29, 1.82) is 0 Å². The summed E-state index contributed by atoms with van der Waals surface area (Å²) in [5, 5.41) is 0. The minimum Gasteiger partial charge on any atom is -0.465 e. The number of benzene rings is 2. The second-order valence-corrected chi connectivity index (χ2v) is 10.7. The van der Waals surface area contributed by atoms with Crippen LogP contribution in [0.15, 0.2) is 54.6 Å². The molecule has 0 saturated carbocycles. The molecule has 0 atom stereocenters. The zero-order valence-electron chi connectivity index (χ0n) is 25.3. The Hall–Kier alpha value is -2.82. The minimum atomic E-state index is -1.22. The van der Waals surface area contributed by atoms with E-state index in [1.807, 2.05) is 42.5 Å². The Morgan fingerprint density at radius 1 is 0.600 bits per heavy atom. The van der Waals surface area contributed by atoms with Crippen LogP contribution in [0.3, 0.4) is 0 Å². The zero-order valence-corrected chi connectivity index (χ0v) is 25.3. The van der Waals surface area contributed by atoms with Crippen molar-refractivity contribution in [2.24, 2.45) is 5.41 Å². The molecule has 2 rings (SSSR count). The third-order valence-corrected chi connectivity index (χ3v) is 7.49. The van der Waals surface area contributed by atoms with Gasteiger partial charge < -0.3 is 14.2 Å². The number of carbonyl (C=O) groups excluding carboxylic acids is 2. The average Bonchev–Trinajstić information content (AvgIpc) is 2.96. The van der Waals surface area contributed by atoms with Gasteiger partial charge in [0.15, 0.2) is 5.41 Å². The summed E-state index contributed by atoms with van der Waals surface area (Å²) in [6.45, 7) is 6.34. The molecule has 5 nitrogen and oxygen atoms in total. The number of ether oxygens (including phenoxy) is 3. The molecular weight excluding hydrogens is 500 g/mol. The summed E-state index contributed by atoms with van der Waals surface area (Å²) in [5.74, 6) is 0.752. The number of esters is 2. The summed E-state index contributed by atoms with van der Waals surface area (Å²) < 4.78 is 16.9. The van der Waals surface area contributed by atoms with Crippen molar-refractivity contribution >= 4 is 11.9 Å². The van der Waals surface area contributed by atoms with Gasteiger partial charge in [-0.2, -0.15) is 0 Å². The number of rotatable bonds is 22. The highest BCUT2D eigenvalue weighted by Crippen LogP contribution is 2.35. The molecule has 0 aliphatic rings. The number of para-hydroxylation sites is 1. The predicted octanol–water partition coefficient (Wildman–Crippen LogP) is 9.62. The summed E-state index contributed by atoms with van der Waals surface area (Å²) >= 11 is 0. The van der Waals surface area contributed by atoms with Crippen LogP contribution in [0.1, 0.15) is 116 Å². The third kappa shape index (κ3) is 12.1. The molecule has 0 aliphatic heterocycles. The van der Waals surface area contributed by atoms with Gasteiger partial charge in [-0.1, -0.05) is 108 Å². The van der Waals surface area contributed by atoms with Gasteiger partial charge in [0.05, 0.1) is 13.2 Å². The molecule has 2 aromatic rings. The lowest BCUT2D eigenvalue weighted by atomic mass is 9.77. The second-order valence-electron chi connectivity index (χ2n) is 10.7. The number of carbonyl (C=O) groups is 2. The van der Waals surface area contributed by atoms with Crippen LogP contribution in [-0.4, -0.2) is 25.2 Å². The first-order valence-corrected chi connectivity index (χ1v) is 15.7. The fourth-order valence-corrected chi connectivity index (χ4v) is 5.21. The first-order chi connectivity index (χ1) is 19.6. The van der Waals surface area contributed by atoms with Gasteiger partial charge in [0.25, 0.3) is 0 Å². The normalized spacial score (nSPS) is 11.3. The Kier molecular flexibility index (Phi) is 16.8. The number of unbranched alkanes of at least 4 members (excludes halogenated alkanes) is 10. The van der Waals surface area contributed by atoms with E-state index in [-0.39, 0.29) is 13.2 Å². The first kappa shape index (κ1) is 33.4. The van der Waals surface area contributed by atoms with Crippen LogP contribution in [0.2, 0.25) is 0 Å². The topological polar surface area (TPSA) is 61.8 Å². The van der Waals surface area contributed by atoms with E-state index >= 15 is 0 Å². The van der Waals surface area contributed by atoms with Crippen molar-refractivity contribution in [3.63, 3.8) is 0 Å². The quantitative estimate of drug-likeness (QED) is 0.0826. The van der Waals surface area contributed by atoms with Crippen molar-refractivity contribution in [2.75, 3.05) is 13.2 Å². The van der Waals surface area contributed by atoms with Crippen LogP contribution < -0.4 is 4.74 Å². The van der Waals surface area contributed by atoms with Gasteiger partial charge in [0, 0.05) is 0 Å². The van der Waals surface area contributed by atoms with Crippen LogP contribution in [0.5, 0.6) is 11.5 Å². The van der Waals surface area contributed by atoms with E-state index in [2.05, 4.69) is 19.1 Å². The number of hydrogen-bond donors (Lipinski definition) is 0. The van der Waals surface area contributed by atoms with Crippen molar-refractivity contribution in [2.45, 2.75) is 117 Å². The standard InChI is InChI=1S/C35H52O5/c1-4-7-8-9-10-11-12-13-14-19-27-35(33(36)38-5-2,34(37)39-6-3)28-20-18-22-30-23-21-26-32(29-30)40-31-24-16-15-17-25-31/h15-17,21,23-26,29H,4-14,18-20,22,27-28H2,1-3H3. The van der Waals surface area contributed by atoms with Crippen LogP contribution in [0, 0.1) is 5.41 Å². The first-order valence-electron chi connectivity index (χ1n) is 15.7. The maximum absolute atomic E-state index is 13.2. The van der Waals surface area contributed by atoms with E-state index in [9.17, 15) is 9.59 Å². The zero-order chi connectivity index (χ0) is 28.9. The lowest BCUT2D eigenvalue weighted by Gasteiger charge is -2.29. The SMILES string of the molecule is CCCCCCCCCCCCC(CCCCc1cccc(Oc2ccccc2)c1)(C(=O)OCC)C(=O)OCC. The Labute approximate surface area is 243 Å². The van der Waals surface area contributed by atoms with Crippen molar-refractivity contribution in [3.05, 3.63) is 60.2 Å². The second kappa shape index (κ2) is 20.1. The number of aryl methyl sites for hydroxylation is 1. The molecule has 0 fully saturated rings. The van der Waals surface area contributed by atoms with Crippen LogP contribution in [0.25, 0.3) is 0 Å². The van der Waals surface area contributed by atoms with Gasteiger partial charge in [-0.3, -0.25) is 9.59 Å². The van der Waals surface area contributed by atoms with Gasteiger partial charge >= 0.3 is 11.9 Å². The van der Waals surface area contributed by atoms with Gasteiger partial charge in [-0.25, -0.2) is 0 Å². The van der Waals surface area contributed by atoms with Gasteiger partial charge in [0.1, 0.15) is 11.5 Å². The van der Waals surface area contributed by atoms with Crippen LogP contribution >= 0.6 is 0 Å². The molecule has 0 saturated heterocycles. The smallest absolute Gasteiger partial charge is 0.323 e. The number of hydrogen-bond acceptors (Lipinski definition) is 5. The fraction of sp³-hybridized carbons (Fsp3) is 0.600. The van der Waals surface area contributed by atoms with E-state index < -0.39 is 17.4 Å². The monoisotopic (exact) mass is 552 g/mol. The van der Waals surface area contributed by atoms with E-state index in [0.717, 1.165) is 50.0 Å². The van der Waals surface area contributed by atoms with Crippen molar-refractivity contribution < 1.29 is 23.8 Å². The summed E-state index contributed by atoms with van der Waals surface area (Å²) in [5.41, 5.74) is -0.0502. The Balaban J connectivity index is 1.91. The molecule has 5 heteroatoms. The van der Waals surface area contributed by atoms with E-state index in [1.54, 1.807) is 13.8 Å². The molecule has 0 unspecified atom stereocenters. The molecule has 0 radical (unpaired) electrons. The molecule has 222 valence electrons. The van der Waals surface area contributed by atoms with E-state index in [1.165, 1.54) is 50.5 Å². The molecule has 0 heterocycles. The molecule has 0 spiro atoms. The molecule has 0 amide bonds.